The van der Waals surface area contributed by atoms with Gasteiger partial charge in [0.1, 0.15) is 11.2 Å². The second kappa shape index (κ2) is 8.29. The van der Waals surface area contributed by atoms with Crippen molar-refractivity contribution in [3.63, 3.8) is 0 Å². The summed E-state index contributed by atoms with van der Waals surface area (Å²) in [5.74, 6) is 0.764. The fourth-order valence-electron chi connectivity index (χ4n) is 3.52. The maximum Gasteiger partial charge on any atom is 0.416 e. The van der Waals surface area contributed by atoms with Gasteiger partial charge in [-0.1, -0.05) is 48.5 Å². The molecule has 0 amide bonds. The first-order chi connectivity index (χ1) is 15.9. The van der Waals surface area contributed by atoms with Gasteiger partial charge in [-0.15, -0.1) is 21.5 Å². The van der Waals surface area contributed by atoms with E-state index >= 15 is 0 Å². The molecular formula is C25H16F3N3OS. The summed E-state index contributed by atoms with van der Waals surface area (Å²) >= 11 is 1.56. The average Bonchev–Trinajstić information content (AvgIpc) is 3.20. The molecule has 8 heteroatoms. The van der Waals surface area contributed by atoms with Crippen molar-refractivity contribution < 1.29 is 17.9 Å². The molecular weight excluding hydrogens is 447 g/mol. The van der Waals surface area contributed by atoms with Gasteiger partial charge in [0, 0.05) is 17.2 Å². The number of ether oxygens (including phenoxy) is 1. The molecule has 0 spiro atoms. The molecule has 5 rings (SSSR count). The number of rotatable bonds is 4. The predicted octanol–water partition coefficient (Wildman–Crippen LogP) is 7.54. The normalized spacial score (nSPS) is 11.6. The van der Waals surface area contributed by atoms with E-state index < -0.39 is 11.7 Å². The Labute approximate surface area is 191 Å². The van der Waals surface area contributed by atoms with Gasteiger partial charge in [-0.2, -0.15) is 13.2 Å². The molecule has 0 bridgehead atoms. The second-order valence-electron chi connectivity index (χ2n) is 7.32. The number of benzene rings is 3. The highest BCUT2D eigenvalue weighted by molar-refractivity contribution is 7.18. The number of nitrogens with zero attached hydrogens (tertiary/aromatic N) is 3. The summed E-state index contributed by atoms with van der Waals surface area (Å²) in [6.45, 7) is 1.92. The number of alkyl halides is 3. The van der Waals surface area contributed by atoms with Gasteiger partial charge in [0.25, 0.3) is 0 Å². The van der Waals surface area contributed by atoms with Crippen LogP contribution in [0, 0.1) is 6.92 Å². The first-order valence-corrected chi connectivity index (χ1v) is 10.8. The summed E-state index contributed by atoms with van der Waals surface area (Å²) in [6.07, 6.45) is -4.41. The van der Waals surface area contributed by atoms with Crippen LogP contribution in [0.3, 0.4) is 0 Å². The highest BCUT2D eigenvalue weighted by atomic mass is 32.1. The van der Waals surface area contributed by atoms with Crippen LogP contribution < -0.4 is 4.74 Å². The van der Waals surface area contributed by atoms with Crippen LogP contribution in [0.1, 0.15) is 10.6 Å². The van der Waals surface area contributed by atoms with Crippen molar-refractivity contribution in [2.24, 2.45) is 0 Å². The second-order valence-corrected chi connectivity index (χ2v) is 8.56. The van der Waals surface area contributed by atoms with Crippen LogP contribution in [0.5, 0.6) is 11.6 Å². The van der Waals surface area contributed by atoms with Crippen LogP contribution >= 0.6 is 11.3 Å². The molecule has 0 aliphatic heterocycles. The van der Waals surface area contributed by atoms with Crippen molar-refractivity contribution in [3.05, 3.63) is 89.4 Å². The van der Waals surface area contributed by atoms with Crippen LogP contribution in [-0.2, 0) is 6.18 Å². The van der Waals surface area contributed by atoms with Gasteiger partial charge in [-0.25, -0.2) is 4.98 Å². The lowest BCUT2D eigenvalue weighted by Crippen LogP contribution is -2.04. The molecule has 164 valence electrons. The van der Waals surface area contributed by atoms with Crippen molar-refractivity contribution in [2.45, 2.75) is 13.1 Å². The minimum atomic E-state index is -4.41. The summed E-state index contributed by atoms with van der Waals surface area (Å²) in [7, 11) is 0. The minimum absolute atomic E-state index is 0.225. The van der Waals surface area contributed by atoms with Gasteiger partial charge < -0.3 is 4.74 Å². The summed E-state index contributed by atoms with van der Waals surface area (Å²) in [4.78, 5) is 4.53. The van der Waals surface area contributed by atoms with Crippen LogP contribution in [0.4, 0.5) is 13.2 Å². The van der Waals surface area contributed by atoms with Gasteiger partial charge >= 0.3 is 6.18 Å². The summed E-state index contributed by atoms with van der Waals surface area (Å²) in [5, 5.41) is 9.51. The number of hydrogen-bond donors (Lipinski definition) is 0. The van der Waals surface area contributed by atoms with Crippen LogP contribution in [0.25, 0.3) is 32.6 Å². The molecule has 0 atom stereocenters. The number of halogens is 3. The standard InChI is InChI=1S/C25H16F3N3OS/c1-15-29-24-20(8-5-9-21(24)33-15)32-22-14-19(16-10-12-18(13-11-16)25(26,27)28)23(31-30-22)17-6-3-2-4-7-17/h2-14H,1H3. The van der Waals surface area contributed by atoms with Crippen molar-refractivity contribution in [1.29, 1.82) is 0 Å². The quantitative estimate of drug-likeness (QED) is 0.276. The Bertz CT molecular complexity index is 1430. The van der Waals surface area contributed by atoms with E-state index in [1.165, 1.54) is 12.1 Å². The molecule has 0 N–H and O–H groups in total. The van der Waals surface area contributed by atoms with Gasteiger partial charge in [0.05, 0.1) is 15.3 Å². The lowest BCUT2D eigenvalue weighted by atomic mass is 9.99. The Morgan fingerprint density at radius 1 is 0.818 bits per heavy atom. The highest BCUT2D eigenvalue weighted by Gasteiger charge is 2.30. The van der Waals surface area contributed by atoms with Crippen LogP contribution in [-0.4, -0.2) is 15.2 Å². The van der Waals surface area contributed by atoms with Gasteiger partial charge in [0.15, 0.2) is 5.75 Å². The molecule has 0 unspecified atom stereocenters. The lowest BCUT2D eigenvalue weighted by molar-refractivity contribution is -0.137. The molecule has 0 aliphatic rings. The van der Waals surface area contributed by atoms with Crippen molar-refractivity contribution in [2.75, 3.05) is 0 Å². The maximum absolute atomic E-state index is 13.1. The molecule has 2 aromatic heterocycles. The van der Waals surface area contributed by atoms with Crippen molar-refractivity contribution in [1.82, 2.24) is 15.2 Å². The monoisotopic (exact) mass is 463 g/mol. The molecule has 33 heavy (non-hydrogen) atoms. The van der Waals surface area contributed by atoms with Gasteiger partial charge in [-0.05, 0) is 36.8 Å². The van der Waals surface area contributed by atoms with Crippen LogP contribution in [0.15, 0.2) is 78.9 Å². The summed E-state index contributed by atoms with van der Waals surface area (Å²) in [6, 6.07) is 21.7. The van der Waals surface area contributed by atoms with E-state index in [9.17, 15) is 13.2 Å². The first-order valence-electron chi connectivity index (χ1n) is 10.0. The molecule has 0 aliphatic carbocycles. The van der Waals surface area contributed by atoms with E-state index in [4.69, 9.17) is 4.74 Å². The van der Waals surface area contributed by atoms with E-state index in [0.717, 1.165) is 32.9 Å². The topological polar surface area (TPSA) is 47.9 Å². The van der Waals surface area contributed by atoms with Gasteiger partial charge in [-0.3, -0.25) is 0 Å². The smallest absolute Gasteiger partial charge is 0.416 e. The molecule has 0 radical (unpaired) electrons. The molecule has 0 saturated heterocycles. The van der Waals surface area contributed by atoms with E-state index in [0.29, 0.717) is 22.6 Å². The number of hydrogen-bond acceptors (Lipinski definition) is 5. The number of fused-ring (bicyclic) bond motifs is 1. The van der Waals surface area contributed by atoms with E-state index in [1.807, 2.05) is 49.4 Å². The molecule has 0 fully saturated rings. The third-order valence-electron chi connectivity index (χ3n) is 5.05. The average molecular weight is 463 g/mol. The molecule has 5 aromatic rings. The summed E-state index contributed by atoms with van der Waals surface area (Å²) < 4.78 is 46.2. The predicted molar refractivity (Wildman–Crippen MR) is 122 cm³/mol. The Hall–Kier alpha value is -3.78. The minimum Gasteiger partial charge on any atom is -0.435 e. The summed E-state index contributed by atoms with van der Waals surface area (Å²) in [5.41, 5.74) is 2.54. The molecule has 2 heterocycles. The zero-order valence-electron chi connectivity index (χ0n) is 17.3. The fraction of sp³-hybridized carbons (Fsp3) is 0.0800. The zero-order chi connectivity index (χ0) is 23.0. The Morgan fingerprint density at radius 2 is 1.58 bits per heavy atom. The number of thiazole rings is 1. The molecule has 0 saturated carbocycles. The Morgan fingerprint density at radius 3 is 2.30 bits per heavy atom. The Kier molecular flexibility index (Phi) is 5.30. The Balaban J connectivity index is 1.60. The number of para-hydroxylation sites is 1. The molecule has 4 nitrogen and oxygen atoms in total. The van der Waals surface area contributed by atoms with E-state index in [-0.39, 0.29) is 5.88 Å². The third-order valence-corrected chi connectivity index (χ3v) is 5.98. The fourth-order valence-corrected chi connectivity index (χ4v) is 4.37. The van der Waals surface area contributed by atoms with E-state index in [1.54, 1.807) is 23.5 Å². The largest absolute Gasteiger partial charge is 0.435 e. The van der Waals surface area contributed by atoms with E-state index in [2.05, 4.69) is 15.2 Å². The van der Waals surface area contributed by atoms with Gasteiger partial charge in [0.2, 0.25) is 5.88 Å². The lowest BCUT2D eigenvalue weighted by Gasteiger charge is -2.13. The van der Waals surface area contributed by atoms with Crippen molar-refractivity contribution >= 4 is 21.6 Å². The number of aromatic nitrogens is 3. The molecule has 3 aromatic carbocycles. The highest BCUT2D eigenvalue weighted by Crippen LogP contribution is 2.37. The number of aryl methyl sites for hydroxylation is 1. The SMILES string of the molecule is Cc1nc2c(Oc3cc(-c4ccc(C(F)(F)F)cc4)c(-c4ccccc4)nn3)cccc2s1. The van der Waals surface area contributed by atoms with Crippen LogP contribution in [0.2, 0.25) is 0 Å². The zero-order valence-corrected chi connectivity index (χ0v) is 18.1. The maximum atomic E-state index is 13.1. The van der Waals surface area contributed by atoms with Crippen molar-refractivity contribution in [3.8, 4) is 34.0 Å². The third kappa shape index (κ3) is 4.29. The first kappa shape index (κ1) is 21.1.